The van der Waals surface area contributed by atoms with Gasteiger partial charge in [-0.25, -0.2) is 0 Å². The molecular formula is C11H23NO2. The molecule has 0 aromatic heterocycles. The molecule has 0 radical (unpaired) electrons. The normalized spacial score (nSPS) is 13.4. The summed E-state index contributed by atoms with van der Waals surface area (Å²) in [7, 11) is 0. The van der Waals surface area contributed by atoms with Crippen LogP contribution in [0.4, 0.5) is 0 Å². The van der Waals surface area contributed by atoms with E-state index in [2.05, 4.69) is 13.8 Å². The third-order valence-electron chi connectivity index (χ3n) is 1.96. The van der Waals surface area contributed by atoms with Gasteiger partial charge in [-0.1, -0.05) is 13.8 Å². The number of hydrogen-bond acceptors (Lipinski definition) is 3. The fourth-order valence-electron chi connectivity index (χ4n) is 1.48. The Kier molecular flexibility index (Phi) is 6.54. The first-order chi connectivity index (χ1) is 6.45. The largest absolute Gasteiger partial charge is 0.463 e. The minimum absolute atomic E-state index is 0.0278. The molecule has 84 valence electrons. The van der Waals surface area contributed by atoms with E-state index in [1.807, 2.05) is 13.8 Å². The van der Waals surface area contributed by atoms with Gasteiger partial charge in [0.25, 0.3) is 0 Å². The fourth-order valence-corrected chi connectivity index (χ4v) is 1.48. The molecule has 2 N–H and O–H groups in total. The Morgan fingerprint density at radius 1 is 1.29 bits per heavy atom. The average Bonchev–Trinajstić information content (AvgIpc) is 2.00. The molecule has 3 heteroatoms. The van der Waals surface area contributed by atoms with E-state index in [0.29, 0.717) is 18.9 Å². The molecule has 0 aliphatic rings. The van der Waals surface area contributed by atoms with Crippen molar-refractivity contribution >= 4 is 5.97 Å². The standard InChI is InChI=1S/C11H23NO2/c1-8(2)5-10(7-12)6-11(13)14-9(3)4/h8-10H,5-7,12H2,1-4H3. The van der Waals surface area contributed by atoms with Crippen LogP contribution in [0.3, 0.4) is 0 Å². The van der Waals surface area contributed by atoms with Crippen molar-refractivity contribution in [3.63, 3.8) is 0 Å². The molecule has 1 unspecified atom stereocenters. The van der Waals surface area contributed by atoms with Gasteiger partial charge in [-0.05, 0) is 38.6 Å². The summed E-state index contributed by atoms with van der Waals surface area (Å²) in [5.74, 6) is 0.716. The van der Waals surface area contributed by atoms with Gasteiger partial charge in [-0.3, -0.25) is 4.79 Å². The molecule has 0 fully saturated rings. The number of carbonyl (C=O) groups excluding carboxylic acids is 1. The van der Waals surface area contributed by atoms with E-state index in [4.69, 9.17) is 10.5 Å². The van der Waals surface area contributed by atoms with Crippen molar-refractivity contribution in [2.75, 3.05) is 6.54 Å². The van der Waals surface area contributed by atoms with E-state index in [9.17, 15) is 4.79 Å². The van der Waals surface area contributed by atoms with Crippen molar-refractivity contribution in [1.29, 1.82) is 0 Å². The average molecular weight is 201 g/mol. The molecule has 14 heavy (non-hydrogen) atoms. The van der Waals surface area contributed by atoms with E-state index in [1.165, 1.54) is 0 Å². The molecule has 0 saturated heterocycles. The Morgan fingerprint density at radius 3 is 2.21 bits per heavy atom. The van der Waals surface area contributed by atoms with Crippen LogP contribution in [-0.2, 0) is 9.53 Å². The lowest BCUT2D eigenvalue weighted by Crippen LogP contribution is -2.22. The molecule has 0 rings (SSSR count). The second kappa shape index (κ2) is 6.82. The highest BCUT2D eigenvalue weighted by Gasteiger charge is 2.15. The number of rotatable bonds is 6. The Balaban J connectivity index is 3.86. The van der Waals surface area contributed by atoms with Gasteiger partial charge in [0.05, 0.1) is 6.10 Å². The molecule has 0 aromatic rings. The molecule has 0 heterocycles. The van der Waals surface area contributed by atoms with Crippen molar-refractivity contribution in [2.45, 2.75) is 46.6 Å². The van der Waals surface area contributed by atoms with E-state index < -0.39 is 0 Å². The first-order valence-corrected chi connectivity index (χ1v) is 5.35. The summed E-state index contributed by atoms with van der Waals surface area (Å²) in [6.45, 7) is 8.55. The van der Waals surface area contributed by atoms with Gasteiger partial charge in [0, 0.05) is 6.42 Å². The van der Waals surface area contributed by atoms with Gasteiger partial charge in [-0.2, -0.15) is 0 Å². The van der Waals surface area contributed by atoms with Gasteiger partial charge >= 0.3 is 5.97 Å². The van der Waals surface area contributed by atoms with Crippen LogP contribution in [0.25, 0.3) is 0 Å². The second-order valence-corrected chi connectivity index (χ2v) is 4.47. The molecule has 0 amide bonds. The first-order valence-electron chi connectivity index (χ1n) is 5.35. The van der Waals surface area contributed by atoms with Crippen molar-refractivity contribution in [3.05, 3.63) is 0 Å². The number of carbonyl (C=O) groups is 1. The predicted octanol–water partition coefficient (Wildman–Crippen LogP) is 1.95. The molecule has 0 bridgehead atoms. The van der Waals surface area contributed by atoms with Crippen molar-refractivity contribution in [2.24, 2.45) is 17.6 Å². The van der Waals surface area contributed by atoms with E-state index >= 15 is 0 Å². The zero-order chi connectivity index (χ0) is 11.1. The number of esters is 1. The van der Waals surface area contributed by atoms with Gasteiger partial charge in [0.15, 0.2) is 0 Å². The van der Waals surface area contributed by atoms with Crippen molar-refractivity contribution < 1.29 is 9.53 Å². The van der Waals surface area contributed by atoms with Crippen molar-refractivity contribution in [3.8, 4) is 0 Å². The minimum Gasteiger partial charge on any atom is -0.463 e. The quantitative estimate of drug-likeness (QED) is 0.668. The lowest BCUT2D eigenvalue weighted by molar-refractivity contribution is -0.148. The maximum Gasteiger partial charge on any atom is 0.306 e. The van der Waals surface area contributed by atoms with Gasteiger partial charge in [0.2, 0.25) is 0 Å². The van der Waals surface area contributed by atoms with E-state index in [0.717, 1.165) is 6.42 Å². The molecule has 3 nitrogen and oxygen atoms in total. The van der Waals surface area contributed by atoms with Crippen LogP contribution in [0.5, 0.6) is 0 Å². The Bertz CT molecular complexity index is 167. The minimum atomic E-state index is -0.129. The van der Waals surface area contributed by atoms with Crippen molar-refractivity contribution in [1.82, 2.24) is 0 Å². The van der Waals surface area contributed by atoms with Crippen LogP contribution in [-0.4, -0.2) is 18.6 Å². The zero-order valence-electron chi connectivity index (χ0n) is 9.75. The van der Waals surface area contributed by atoms with Gasteiger partial charge < -0.3 is 10.5 Å². The fraction of sp³-hybridized carbons (Fsp3) is 0.909. The summed E-state index contributed by atoms with van der Waals surface area (Å²) in [6.07, 6.45) is 1.41. The summed E-state index contributed by atoms with van der Waals surface area (Å²) < 4.78 is 5.07. The Labute approximate surface area is 87.0 Å². The lowest BCUT2D eigenvalue weighted by atomic mass is 9.94. The number of nitrogens with two attached hydrogens (primary N) is 1. The monoisotopic (exact) mass is 201 g/mol. The second-order valence-electron chi connectivity index (χ2n) is 4.47. The maximum absolute atomic E-state index is 11.3. The number of ether oxygens (including phenoxy) is 1. The SMILES string of the molecule is CC(C)CC(CN)CC(=O)OC(C)C. The van der Waals surface area contributed by atoms with E-state index in [1.54, 1.807) is 0 Å². The molecule has 0 aliphatic carbocycles. The van der Waals surface area contributed by atoms with Gasteiger partial charge in [0.1, 0.15) is 0 Å². The van der Waals surface area contributed by atoms with E-state index in [-0.39, 0.29) is 18.0 Å². The maximum atomic E-state index is 11.3. The predicted molar refractivity (Wildman–Crippen MR) is 57.8 cm³/mol. The van der Waals surface area contributed by atoms with Crippen LogP contribution in [0.1, 0.15) is 40.5 Å². The zero-order valence-corrected chi connectivity index (χ0v) is 9.75. The third kappa shape index (κ3) is 6.89. The highest BCUT2D eigenvalue weighted by atomic mass is 16.5. The third-order valence-corrected chi connectivity index (χ3v) is 1.96. The Morgan fingerprint density at radius 2 is 1.86 bits per heavy atom. The topological polar surface area (TPSA) is 52.3 Å². The first kappa shape index (κ1) is 13.4. The summed E-state index contributed by atoms with van der Waals surface area (Å²) in [5.41, 5.74) is 5.59. The smallest absolute Gasteiger partial charge is 0.306 e. The highest BCUT2D eigenvalue weighted by Crippen LogP contribution is 2.15. The summed E-state index contributed by atoms with van der Waals surface area (Å²) in [6, 6.07) is 0. The summed E-state index contributed by atoms with van der Waals surface area (Å²) in [5, 5.41) is 0. The van der Waals surface area contributed by atoms with Crippen LogP contribution < -0.4 is 5.73 Å². The molecule has 0 spiro atoms. The lowest BCUT2D eigenvalue weighted by Gasteiger charge is -2.17. The summed E-state index contributed by atoms with van der Waals surface area (Å²) in [4.78, 5) is 11.3. The Hall–Kier alpha value is -0.570. The highest BCUT2D eigenvalue weighted by molar-refractivity contribution is 5.69. The van der Waals surface area contributed by atoms with Crippen LogP contribution in [0, 0.1) is 11.8 Å². The van der Waals surface area contributed by atoms with Gasteiger partial charge in [-0.15, -0.1) is 0 Å². The van der Waals surface area contributed by atoms with Crippen LogP contribution in [0.15, 0.2) is 0 Å². The number of hydrogen-bond donors (Lipinski definition) is 1. The summed E-state index contributed by atoms with van der Waals surface area (Å²) >= 11 is 0. The molecule has 0 aliphatic heterocycles. The molecule has 0 saturated carbocycles. The molecular weight excluding hydrogens is 178 g/mol. The van der Waals surface area contributed by atoms with Crippen LogP contribution in [0.2, 0.25) is 0 Å². The van der Waals surface area contributed by atoms with Crippen LogP contribution >= 0.6 is 0 Å². The molecule has 0 aromatic carbocycles. The molecule has 1 atom stereocenters.